The van der Waals surface area contributed by atoms with Crippen molar-refractivity contribution in [2.24, 2.45) is 0 Å². The number of hydrogen-bond acceptors (Lipinski definition) is 2. The predicted octanol–water partition coefficient (Wildman–Crippen LogP) is 13.1. The lowest BCUT2D eigenvalue weighted by atomic mass is 9.67. The average molecular weight is 652 g/mol. The van der Waals surface area contributed by atoms with Crippen molar-refractivity contribution in [1.82, 2.24) is 0 Å². The van der Waals surface area contributed by atoms with E-state index in [1.165, 1.54) is 33.4 Å². The Kier molecular flexibility index (Phi) is 6.75. The number of furan rings is 1. The zero-order valence-electron chi connectivity index (χ0n) is 27.9. The Hall–Kier alpha value is -6.64. The maximum absolute atomic E-state index is 6.67. The molecule has 1 heterocycles. The predicted molar refractivity (Wildman–Crippen MR) is 211 cm³/mol. The summed E-state index contributed by atoms with van der Waals surface area (Å²) in [7, 11) is 0. The number of fused-ring (bicyclic) bond motifs is 6. The molecule has 2 heteroatoms. The molecule has 0 saturated heterocycles. The largest absolute Gasteiger partial charge is 0.456 e. The molecule has 0 fully saturated rings. The quantitative estimate of drug-likeness (QED) is 0.178. The van der Waals surface area contributed by atoms with Crippen LogP contribution in [0.1, 0.15) is 22.3 Å². The zero-order valence-corrected chi connectivity index (χ0v) is 27.9. The first-order valence-electron chi connectivity index (χ1n) is 17.5. The van der Waals surface area contributed by atoms with E-state index in [1.54, 1.807) is 0 Å². The van der Waals surface area contributed by atoms with Gasteiger partial charge < -0.3 is 9.32 Å². The van der Waals surface area contributed by atoms with Crippen LogP contribution >= 0.6 is 0 Å². The van der Waals surface area contributed by atoms with Gasteiger partial charge in [0.05, 0.1) is 5.41 Å². The van der Waals surface area contributed by atoms with Gasteiger partial charge in [-0.3, -0.25) is 0 Å². The molecule has 1 aromatic heterocycles. The van der Waals surface area contributed by atoms with Crippen LogP contribution in [0.15, 0.2) is 205 Å². The molecular weight excluding hydrogens is 619 g/mol. The van der Waals surface area contributed by atoms with Crippen molar-refractivity contribution in [3.63, 3.8) is 0 Å². The fraction of sp³-hybridized carbons (Fsp3) is 0.0204. The third-order valence-corrected chi connectivity index (χ3v) is 10.5. The van der Waals surface area contributed by atoms with Crippen molar-refractivity contribution < 1.29 is 4.42 Å². The Morgan fingerprint density at radius 1 is 0.353 bits per heavy atom. The van der Waals surface area contributed by atoms with Crippen molar-refractivity contribution in [3.8, 4) is 22.3 Å². The van der Waals surface area contributed by atoms with Gasteiger partial charge in [0, 0.05) is 27.8 Å². The molecule has 0 bridgehead atoms. The first-order chi connectivity index (χ1) is 25.3. The third kappa shape index (κ3) is 4.57. The van der Waals surface area contributed by atoms with Crippen molar-refractivity contribution in [1.29, 1.82) is 0 Å². The molecule has 9 aromatic rings. The Labute approximate surface area is 297 Å². The van der Waals surface area contributed by atoms with Crippen LogP contribution in [0.4, 0.5) is 17.1 Å². The second-order valence-corrected chi connectivity index (χ2v) is 13.3. The molecule has 0 amide bonds. The Morgan fingerprint density at radius 3 is 1.49 bits per heavy atom. The summed E-state index contributed by atoms with van der Waals surface area (Å²) in [6.45, 7) is 0. The molecule has 0 saturated carbocycles. The summed E-state index contributed by atoms with van der Waals surface area (Å²) < 4.78 is 6.67. The lowest BCUT2D eigenvalue weighted by Crippen LogP contribution is -2.28. The second kappa shape index (κ2) is 11.8. The molecule has 10 rings (SSSR count). The summed E-state index contributed by atoms with van der Waals surface area (Å²) in [6, 6.07) is 71.9. The Morgan fingerprint density at radius 2 is 0.863 bits per heavy atom. The van der Waals surface area contributed by atoms with Crippen LogP contribution in [-0.4, -0.2) is 0 Å². The van der Waals surface area contributed by atoms with Crippen LogP contribution in [0.3, 0.4) is 0 Å². The summed E-state index contributed by atoms with van der Waals surface area (Å²) in [5.74, 6) is 0. The molecule has 1 aliphatic rings. The van der Waals surface area contributed by atoms with Gasteiger partial charge in [-0.15, -0.1) is 0 Å². The molecule has 0 radical (unpaired) electrons. The molecule has 1 aliphatic carbocycles. The standard InChI is InChI=1S/C49H33NO/c1-5-15-36(16-6-1)49(37-17-7-2-8-18-37)45-24-14-13-23-41(45)42-32-44-43-31-35(27-30-47(43)51-48(44)33-46(42)49)34-25-28-40(29-26-34)50(38-19-9-3-10-20-38)39-21-11-4-12-22-39/h1-33H. The lowest BCUT2D eigenvalue weighted by molar-refractivity contribution is 0.666. The van der Waals surface area contributed by atoms with Crippen molar-refractivity contribution in [2.45, 2.75) is 5.41 Å². The number of anilines is 3. The van der Waals surface area contributed by atoms with E-state index >= 15 is 0 Å². The molecule has 0 unspecified atom stereocenters. The summed E-state index contributed by atoms with van der Waals surface area (Å²) in [4.78, 5) is 2.29. The van der Waals surface area contributed by atoms with E-state index in [9.17, 15) is 0 Å². The van der Waals surface area contributed by atoms with Crippen LogP contribution < -0.4 is 4.90 Å². The maximum Gasteiger partial charge on any atom is 0.135 e. The molecular formula is C49H33NO. The molecule has 51 heavy (non-hydrogen) atoms. The monoisotopic (exact) mass is 651 g/mol. The number of hydrogen-bond donors (Lipinski definition) is 0. The third-order valence-electron chi connectivity index (χ3n) is 10.5. The van der Waals surface area contributed by atoms with E-state index < -0.39 is 5.41 Å². The van der Waals surface area contributed by atoms with Crippen LogP contribution in [-0.2, 0) is 5.41 Å². The fourth-order valence-electron chi connectivity index (χ4n) is 8.29. The SMILES string of the molecule is c1ccc(N(c2ccccc2)c2ccc(-c3ccc4oc5cc6c(cc5c4c3)-c3ccccc3C6(c3ccccc3)c3ccccc3)cc2)cc1. The lowest BCUT2D eigenvalue weighted by Gasteiger charge is -2.33. The minimum Gasteiger partial charge on any atom is -0.456 e. The average Bonchev–Trinajstić information content (AvgIpc) is 3.71. The van der Waals surface area contributed by atoms with Gasteiger partial charge in [0.25, 0.3) is 0 Å². The maximum atomic E-state index is 6.67. The van der Waals surface area contributed by atoms with Gasteiger partial charge in [0.1, 0.15) is 11.2 Å². The Bertz CT molecular complexity index is 2580. The summed E-state index contributed by atoms with van der Waals surface area (Å²) in [5, 5.41) is 2.26. The normalized spacial score (nSPS) is 12.9. The van der Waals surface area contributed by atoms with Crippen LogP contribution in [0.2, 0.25) is 0 Å². The van der Waals surface area contributed by atoms with Gasteiger partial charge in [-0.05, 0) is 105 Å². The molecule has 8 aromatic carbocycles. The minimum absolute atomic E-state index is 0.456. The first-order valence-corrected chi connectivity index (χ1v) is 17.5. The summed E-state index contributed by atoms with van der Waals surface area (Å²) in [5.41, 5.74) is 14.6. The highest BCUT2D eigenvalue weighted by molar-refractivity contribution is 6.09. The van der Waals surface area contributed by atoms with E-state index in [-0.39, 0.29) is 0 Å². The topological polar surface area (TPSA) is 16.4 Å². The highest BCUT2D eigenvalue weighted by atomic mass is 16.3. The van der Waals surface area contributed by atoms with E-state index in [1.807, 2.05) is 0 Å². The number of para-hydroxylation sites is 2. The molecule has 0 atom stereocenters. The van der Waals surface area contributed by atoms with Crippen LogP contribution in [0.25, 0.3) is 44.2 Å². The van der Waals surface area contributed by atoms with E-state index in [4.69, 9.17) is 4.42 Å². The van der Waals surface area contributed by atoms with Gasteiger partial charge in [-0.1, -0.05) is 140 Å². The fourth-order valence-corrected chi connectivity index (χ4v) is 8.29. The molecule has 2 nitrogen and oxygen atoms in total. The van der Waals surface area contributed by atoms with E-state index in [0.29, 0.717) is 0 Å². The van der Waals surface area contributed by atoms with Gasteiger partial charge in [0.15, 0.2) is 0 Å². The van der Waals surface area contributed by atoms with Crippen LogP contribution in [0.5, 0.6) is 0 Å². The molecule has 240 valence electrons. The Balaban J connectivity index is 1.11. The van der Waals surface area contributed by atoms with Crippen molar-refractivity contribution in [2.75, 3.05) is 4.90 Å². The smallest absolute Gasteiger partial charge is 0.135 e. The van der Waals surface area contributed by atoms with Gasteiger partial charge >= 0.3 is 0 Å². The van der Waals surface area contributed by atoms with Crippen molar-refractivity contribution >= 4 is 39.0 Å². The molecule has 0 N–H and O–H groups in total. The number of benzene rings is 8. The van der Waals surface area contributed by atoms with E-state index in [2.05, 4.69) is 205 Å². The van der Waals surface area contributed by atoms with E-state index in [0.717, 1.165) is 50.1 Å². The number of nitrogens with zero attached hydrogens (tertiary/aromatic N) is 1. The summed E-state index contributed by atoms with van der Waals surface area (Å²) in [6.07, 6.45) is 0. The van der Waals surface area contributed by atoms with Crippen LogP contribution in [0, 0.1) is 0 Å². The molecule has 0 spiro atoms. The van der Waals surface area contributed by atoms with Gasteiger partial charge in [0.2, 0.25) is 0 Å². The highest BCUT2D eigenvalue weighted by Gasteiger charge is 2.46. The molecule has 0 aliphatic heterocycles. The summed E-state index contributed by atoms with van der Waals surface area (Å²) >= 11 is 0. The van der Waals surface area contributed by atoms with Gasteiger partial charge in [-0.25, -0.2) is 0 Å². The second-order valence-electron chi connectivity index (χ2n) is 13.3. The van der Waals surface area contributed by atoms with Crippen molar-refractivity contribution in [3.05, 3.63) is 222 Å². The first kappa shape index (κ1) is 29.3. The highest BCUT2D eigenvalue weighted by Crippen LogP contribution is 2.57. The minimum atomic E-state index is -0.456. The number of rotatable bonds is 6. The zero-order chi connectivity index (χ0) is 33.8. The van der Waals surface area contributed by atoms with Gasteiger partial charge in [-0.2, -0.15) is 0 Å².